The van der Waals surface area contributed by atoms with Crippen LogP contribution in [-0.2, 0) is 25.4 Å². The Bertz CT molecular complexity index is 1140. The van der Waals surface area contributed by atoms with Crippen molar-refractivity contribution in [3.05, 3.63) is 71.8 Å². The molecule has 2 atom stereocenters. The second-order valence-corrected chi connectivity index (χ2v) is 10.9. The number of imide groups is 1. The van der Waals surface area contributed by atoms with E-state index in [0.717, 1.165) is 15.5 Å². The van der Waals surface area contributed by atoms with Gasteiger partial charge in [0.15, 0.2) is 6.04 Å². The first-order chi connectivity index (χ1) is 17.7. The molecule has 10 heteroatoms. The van der Waals surface area contributed by atoms with Crippen molar-refractivity contribution in [2.75, 3.05) is 6.61 Å². The molecule has 1 N–H and O–H groups in total. The highest BCUT2D eigenvalue weighted by molar-refractivity contribution is 5.98. The second-order valence-electron chi connectivity index (χ2n) is 10.9. The number of ether oxygens (including phenoxy) is 3. The predicted molar refractivity (Wildman–Crippen MR) is 139 cm³/mol. The van der Waals surface area contributed by atoms with Gasteiger partial charge >= 0.3 is 18.3 Å². The van der Waals surface area contributed by atoms with E-state index in [1.54, 1.807) is 71.9 Å². The van der Waals surface area contributed by atoms with Gasteiger partial charge in [0.25, 0.3) is 5.91 Å². The molecule has 0 bridgehead atoms. The van der Waals surface area contributed by atoms with E-state index in [1.165, 1.54) is 0 Å². The van der Waals surface area contributed by atoms with Crippen molar-refractivity contribution in [2.45, 2.75) is 71.2 Å². The predicted octanol–water partition coefficient (Wildman–Crippen LogP) is 4.99. The van der Waals surface area contributed by atoms with Crippen molar-refractivity contribution in [1.82, 2.24) is 15.3 Å². The SMILES string of the molecule is CC(C)(C)OC(=O)NN(C(=O)OC(C)(C)C)[C@@H](C(=O)N1C(=O)OC[C@@H]1Cc1ccccc1)c1ccccc1. The zero-order valence-corrected chi connectivity index (χ0v) is 22.6. The van der Waals surface area contributed by atoms with Crippen LogP contribution in [0.4, 0.5) is 14.4 Å². The molecule has 1 aliphatic heterocycles. The first-order valence-corrected chi connectivity index (χ1v) is 12.4. The summed E-state index contributed by atoms with van der Waals surface area (Å²) in [7, 11) is 0. The minimum atomic E-state index is -1.46. The van der Waals surface area contributed by atoms with Crippen molar-refractivity contribution >= 4 is 24.2 Å². The number of hydrogen-bond acceptors (Lipinski definition) is 7. The molecule has 1 heterocycles. The lowest BCUT2D eigenvalue weighted by Gasteiger charge is -2.35. The Morgan fingerprint density at radius 1 is 0.947 bits per heavy atom. The van der Waals surface area contributed by atoms with Gasteiger partial charge in [-0.3, -0.25) is 4.79 Å². The van der Waals surface area contributed by atoms with Crippen molar-refractivity contribution < 1.29 is 33.4 Å². The fourth-order valence-corrected chi connectivity index (χ4v) is 3.86. The highest BCUT2D eigenvalue weighted by Crippen LogP contribution is 2.29. The van der Waals surface area contributed by atoms with E-state index in [2.05, 4.69) is 5.43 Å². The Hall–Kier alpha value is -4.08. The molecule has 38 heavy (non-hydrogen) atoms. The first kappa shape index (κ1) is 28.5. The third kappa shape index (κ3) is 7.71. The number of cyclic esters (lactones) is 1. The molecule has 204 valence electrons. The zero-order valence-electron chi connectivity index (χ0n) is 22.6. The highest BCUT2D eigenvalue weighted by Gasteiger charge is 2.46. The molecule has 1 saturated heterocycles. The van der Waals surface area contributed by atoms with Crippen LogP contribution in [0.5, 0.6) is 0 Å². The molecule has 0 saturated carbocycles. The lowest BCUT2D eigenvalue weighted by molar-refractivity contribution is -0.136. The Morgan fingerprint density at radius 3 is 2.05 bits per heavy atom. The van der Waals surface area contributed by atoms with Crippen LogP contribution in [0.1, 0.15) is 58.7 Å². The molecule has 0 aromatic heterocycles. The lowest BCUT2D eigenvalue weighted by Crippen LogP contribution is -2.56. The van der Waals surface area contributed by atoms with Gasteiger partial charge in [0, 0.05) is 0 Å². The molecule has 3 rings (SSSR count). The van der Waals surface area contributed by atoms with Crippen LogP contribution in [0.15, 0.2) is 60.7 Å². The molecule has 1 fully saturated rings. The number of carbonyl (C=O) groups excluding carboxylic acids is 4. The van der Waals surface area contributed by atoms with E-state index >= 15 is 0 Å². The molecule has 1 aliphatic rings. The van der Waals surface area contributed by atoms with E-state index in [-0.39, 0.29) is 6.61 Å². The summed E-state index contributed by atoms with van der Waals surface area (Å²) in [5, 5.41) is 0.766. The molecule has 0 unspecified atom stereocenters. The van der Waals surface area contributed by atoms with Crippen LogP contribution < -0.4 is 5.43 Å². The van der Waals surface area contributed by atoms with E-state index in [9.17, 15) is 19.2 Å². The molecular formula is C28H35N3O7. The first-order valence-electron chi connectivity index (χ1n) is 12.4. The number of nitrogens with one attached hydrogen (secondary N) is 1. The van der Waals surface area contributed by atoms with Gasteiger partial charge in [0.1, 0.15) is 17.8 Å². The second kappa shape index (κ2) is 11.5. The summed E-state index contributed by atoms with van der Waals surface area (Å²) in [6.07, 6.45) is -2.45. The topological polar surface area (TPSA) is 114 Å². The largest absolute Gasteiger partial charge is 0.447 e. The molecule has 0 spiro atoms. The summed E-state index contributed by atoms with van der Waals surface area (Å²) in [6.45, 7) is 9.96. The summed E-state index contributed by atoms with van der Waals surface area (Å²) in [5.41, 5.74) is 1.80. The summed E-state index contributed by atoms with van der Waals surface area (Å²) in [6, 6.07) is 15.6. The van der Waals surface area contributed by atoms with Crippen molar-refractivity contribution in [3.8, 4) is 0 Å². The maximum Gasteiger partial charge on any atom is 0.430 e. The molecule has 2 aromatic rings. The summed E-state index contributed by atoms with van der Waals surface area (Å²) < 4.78 is 16.1. The number of hydrazine groups is 1. The molecule has 0 aliphatic carbocycles. The number of benzene rings is 2. The van der Waals surface area contributed by atoms with Gasteiger partial charge in [-0.1, -0.05) is 60.7 Å². The minimum Gasteiger partial charge on any atom is -0.447 e. The maximum atomic E-state index is 14.1. The molecular weight excluding hydrogens is 490 g/mol. The molecule has 10 nitrogen and oxygen atoms in total. The summed E-state index contributed by atoms with van der Waals surface area (Å²) >= 11 is 0. The summed E-state index contributed by atoms with van der Waals surface area (Å²) in [5.74, 6) is -0.762. The number of carbonyl (C=O) groups is 4. The number of nitrogens with zero attached hydrogens (tertiary/aromatic N) is 2. The third-order valence-electron chi connectivity index (χ3n) is 5.32. The van der Waals surface area contributed by atoms with Crippen molar-refractivity contribution in [1.29, 1.82) is 0 Å². The quantitative estimate of drug-likeness (QED) is 0.432. The lowest BCUT2D eigenvalue weighted by atomic mass is 10.0. The monoisotopic (exact) mass is 525 g/mol. The molecule has 2 aromatic carbocycles. The van der Waals surface area contributed by atoms with E-state index in [0.29, 0.717) is 12.0 Å². The van der Waals surface area contributed by atoms with Crippen LogP contribution >= 0.6 is 0 Å². The van der Waals surface area contributed by atoms with Gasteiger partial charge < -0.3 is 14.2 Å². The Labute approximate surface area is 222 Å². The Kier molecular flexibility index (Phi) is 8.65. The van der Waals surface area contributed by atoms with Crippen LogP contribution in [0, 0.1) is 0 Å². The summed E-state index contributed by atoms with van der Waals surface area (Å²) in [4.78, 5) is 54.1. The van der Waals surface area contributed by atoms with Crippen LogP contribution in [0.3, 0.4) is 0 Å². The zero-order chi connectivity index (χ0) is 28.1. The average Bonchev–Trinajstić information content (AvgIpc) is 3.17. The maximum absolute atomic E-state index is 14.1. The smallest absolute Gasteiger partial charge is 0.430 e. The fourth-order valence-electron chi connectivity index (χ4n) is 3.86. The van der Waals surface area contributed by atoms with Crippen molar-refractivity contribution in [2.24, 2.45) is 0 Å². The van der Waals surface area contributed by atoms with Gasteiger partial charge in [-0.15, -0.1) is 0 Å². The van der Waals surface area contributed by atoms with Crippen LogP contribution in [0.2, 0.25) is 0 Å². The minimum absolute atomic E-state index is 0.00703. The Balaban J connectivity index is 2.03. The van der Waals surface area contributed by atoms with Crippen LogP contribution in [0.25, 0.3) is 0 Å². The average molecular weight is 526 g/mol. The Morgan fingerprint density at radius 2 is 1.50 bits per heavy atom. The van der Waals surface area contributed by atoms with Crippen molar-refractivity contribution in [3.63, 3.8) is 0 Å². The van der Waals surface area contributed by atoms with Crippen LogP contribution in [-0.4, -0.2) is 57.9 Å². The van der Waals surface area contributed by atoms with Gasteiger partial charge in [-0.05, 0) is 59.1 Å². The van der Waals surface area contributed by atoms with E-state index in [4.69, 9.17) is 14.2 Å². The van der Waals surface area contributed by atoms with Gasteiger partial charge in [0.05, 0.1) is 6.04 Å². The van der Waals surface area contributed by atoms with E-state index < -0.39 is 47.5 Å². The number of hydrogen-bond donors (Lipinski definition) is 1. The standard InChI is InChI=1S/C28H35N3O7/c1-27(2,3)37-24(33)29-31(26(35)38-28(4,5)6)22(20-15-11-8-12-16-20)23(32)30-21(18-36-25(30)34)17-19-13-9-7-10-14-19/h7-16,21-22H,17-18H2,1-6H3,(H,29,33)/t21-,22+/m0/s1. The highest BCUT2D eigenvalue weighted by atomic mass is 16.6. The fraction of sp³-hybridized carbons (Fsp3) is 0.429. The number of rotatable bonds is 5. The van der Waals surface area contributed by atoms with Gasteiger partial charge in [0.2, 0.25) is 0 Å². The molecule has 4 amide bonds. The molecule has 0 radical (unpaired) electrons. The van der Waals surface area contributed by atoms with Gasteiger partial charge in [-0.2, -0.15) is 5.01 Å². The normalized spacial score (nSPS) is 16.3. The van der Waals surface area contributed by atoms with Gasteiger partial charge in [-0.25, -0.2) is 24.7 Å². The third-order valence-corrected chi connectivity index (χ3v) is 5.32. The van der Waals surface area contributed by atoms with E-state index in [1.807, 2.05) is 30.3 Å². The number of amides is 4.